The number of rotatable bonds is 22. The van der Waals surface area contributed by atoms with E-state index in [4.69, 9.17) is 24.1 Å². The smallest absolute Gasteiger partial charge is 0.339 e. The van der Waals surface area contributed by atoms with E-state index in [2.05, 4.69) is 434 Å². The van der Waals surface area contributed by atoms with Crippen molar-refractivity contribution in [3.8, 4) is 23.0 Å². The molecule has 3 amide bonds. The van der Waals surface area contributed by atoms with Crippen LogP contribution in [0.5, 0.6) is 23.0 Å². The molecule has 0 atom stereocenters. The molecule has 704 valence electrons. The SMILES string of the molecule is CCCNC(=O)c1cc(Br)cc2c1OCC2.CCCNC(=O)c1cc(Br)cc2c1OCC2.CCCNC(=O)c1cc(C)cc2c1OCC2.O=C(O)c1cc(Br)cc2c1OCC2.[Pd].c1ccc(P(c2ccccc2)c2ccccc2)cc1.c1ccc(P(c2ccccc2)c2ccccc2)cc1.c1ccc(P(c2ccccc2)c2ccccc2)cc1.c1ccc(P(c2ccccc2)c2ccccc2)cc1. The number of benzene rings is 16. The number of hydrogen-bond donors (Lipinski definition) is 4. The van der Waals surface area contributed by atoms with E-state index in [0.29, 0.717) is 68.5 Å². The summed E-state index contributed by atoms with van der Waals surface area (Å²) >= 11 is 10.1. The molecule has 0 spiro atoms. The van der Waals surface area contributed by atoms with Crippen LogP contribution in [0.3, 0.4) is 0 Å². The summed E-state index contributed by atoms with van der Waals surface area (Å²) in [5, 5.41) is 34.3. The molecule has 0 aromatic heterocycles. The van der Waals surface area contributed by atoms with Gasteiger partial charge in [-0.3, -0.25) is 14.4 Å². The summed E-state index contributed by atoms with van der Waals surface area (Å²) in [6.07, 6.45) is 6.26. The van der Waals surface area contributed by atoms with Crippen molar-refractivity contribution in [2.75, 3.05) is 46.1 Å². The average Bonchev–Trinajstić information content (AvgIpc) is 1.69. The van der Waals surface area contributed by atoms with E-state index >= 15 is 0 Å². The molecule has 20 rings (SSSR count). The maximum Gasteiger partial charge on any atom is 0.339 e. The van der Waals surface area contributed by atoms with Crippen molar-refractivity contribution in [2.24, 2.45) is 0 Å². The summed E-state index contributed by atoms with van der Waals surface area (Å²) in [5.41, 5.74) is 7.64. The van der Waals surface area contributed by atoms with Gasteiger partial charge in [-0.05, 0) is 192 Å². The minimum absolute atomic E-state index is 0. The number of carboxylic acid groups (broad SMARTS) is 1. The summed E-state index contributed by atoms with van der Waals surface area (Å²) in [6.45, 7) is 12.8. The molecule has 4 aliphatic rings. The fraction of sp³-hybridized carbons (Fsp3) is 0.153. The van der Waals surface area contributed by atoms with Gasteiger partial charge in [0.25, 0.3) is 17.7 Å². The molecule has 0 bridgehead atoms. The van der Waals surface area contributed by atoms with E-state index in [9.17, 15) is 19.2 Å². The van der Waals surface area contributed by atoms with E-state index < -0.39 is 37.7 Å². The Morgan fingerprint density at radius 3 is 0.609 bits per heavy atom. The van der Waals surface area contributed by atoms with Crippen molar-refractivity contribution in [1.29, 1.82) is 0 Å². The van der Waals surface area contributed by atoms with E-state index in [1.54, 1.807) is 6.07 Å². The van der Waals surface area contributed by atoms with Crippen molar-refractivity contribution >= 4 is 167 Å². The normalized spacial score (nSPS) is 11.7. The molecule has 0 radical (unpaired) electrons. The Labute approximate surface area is 856 Å². The number of amides is 3. The van der Waals surface area contributed by atoms with Crippen LogP contribution in [0.15, 0.2) is 426 Å². The molecular weight excluding hydrogens is 2070 g/mol. The van der Waals surface area contributed by atoms with Gasteiger partial charge in [-0.2, -0.15) is 0 Å². The number of ether oxygens (including phenoxy) is 4. The quantitative estimate of drug-likeness (QED) is 0.0382. The van der Waals surface area contributed by atoms with Gasteiger partial charge in [-0.25, -0.2) is 4.79 Å². The Bertz CT molecular complexity index is 5420. The third-order valence-corrected chi connectivity index (χ3v) is 33.1. The van der Waals surface area contributed by atoms with Crippen molar-refractivity contribution in [3.63, 3.8) is 0 Å². The van der Waals surface area contributed by atoms with E-state index in [1.807, 2.05) is 64.1 Å². The Balaban J connectivity index is 0.000000142. The van der Waals surface area contributed by atoms with Crippen LogP contribution < -0.4 is 98.6 Å². The first-order valence-electron chi connectivity index (χ1n) is 46.2. The third-order valence-electron chi connectivity index (χ3n) is 21.9. The van der Waals surface area contributed by atoms with E-state index in [-0.39, 0.29) is 43.7 Å². The number of carbonyl (C=O) groups excluding carboxylic acids is 3. The number of carboxylic acids is 1. The molecule has 0 saturated carbocycles. The molecule has 12 nitrogen and oxygen atoms in total. The van der Waals surface area contributed by atoms with Crippen LogP contribution >= 0.6 is 79.5 Å². The molecule has 0 unspecified atom stereocenters. The van der Waals surface area contributed by atoms with Crippen LogP contribution in [0, 0.1) is 6.92 Å². The topological polar surface area (TPSA) is 162 Å². The average molecular weight is 2190 g/mol. The standard InChI is InChI=1S/4C18H15P.C13H17NO2.2C12H14BrNO2.C9H7BrO3.Pd/c4*1-4-10-16(11-5-1)19(17-12-6-2-7-13-17)18-14-8-3-9-15-18;1-3-5-14-13(15)11-8-9(2)7-10-4-6-16-12(10)11;2*1-2-4-14-12(15)10-7-9(13)6-8-3-5-16-11(8)10;10-6-3-5-1-2-13-8(5)7(4-6)9(11)12;/h4*1-15H;7-8H,3-6H2,1-2H3,(H,14,15);2*6-7H,2-5H2,1H3,(H,14,15);3-4H,1-2H2,(H,11,12);. The van der Waals surface area contributed by atoms with Crippen molar-refractivity contribution < 1.29 is 63.7 Å². The van der Waals surface area contributed by atoms with Crippen LogP contribution in [0.4, 0.5) is 0 Å². The van der Waals surface area contributed by atoms with Crippen LogP contribution in [0.25, 0.3) is 0 Å². The first kappa shape index (κ1) is 105. The van der Waals surface area contributed by atoms with Gasteiger partial charge < -0.3 is 40.0 Å². The minimum Gasteiger partial charge on any atom is -0.492 e. The summed E-state index contributed by atoms with van der Waals surface area (Å²) < 4.78 is 24.4. The van der Waals surface area contributed by atoms with Gasteiger partial charge in [-0.15, -0.1) is 0 Å². The molecule has 0 fully saturated rings. The molecule has 0 saturated heterocycles. The molecule has 138 heavy (non-hydrogen) atoms. The summed E-state index contributed by atoms with van der Waals surface area (Å²) in [5.74, 6) is 1.72. The maximum atomic E-state index is 11.9. The molecule has 16 aromatic carbocycles. The van der Waals surface area contributed by atoms with Gasteiger partial charge in [0.05, 0.1) is 43.1 Å². The second-order valence-electron chi connectivity index (χ2n) is 32.0. The first-order chi connectivity index (χ1) is 67.1. The van der Waals surface area contributed by atoms with Crippen molar-refractivity contribution in [3.05, 3.63) is 476 Å². The van der Waals surface area contributed by atoms with Gasteiger partial charge in [0.15, 0.2) is 0 Å². The number of fused-ring (bicyclic) bond motifs is 4. The van der Waals surface area contributed by atoms with Gasteiger partial charge in [0.1, 0.15) is 28.6 Å². The van der Waals surface area contributed by atoms with Crippen LogP contribution in [-0.2, 0) is 46.1 Å². The molecular formula is C118H112Br3N3O9P4Pd. The summed E-state index contributed by atoms with van der Waals surface area (Å²) in [6, 6.07) is 144. The maximum absolute atomic E-state index is 11.9. The molecule has 4 N–H and O–H groups in total. The predicted molar refractivity (Wildman–Crippen MR) is 586 cm³/mol. The molecule has 20 heteroatoms. The van der Waals surface area contributed by atoms with Crippen LogP contribution in [0.1, 0.15) is 109 Å². The number of aromatic carboxylic acids is 1. The minimum atomic E-state index is -0.945. The predicted octanol–water partition coefficient (Wildman–Crippen LogP) is 23.0. The summed E-state index contributed by atoms with van der Waals surface area (Å²) in [7, 11) is -1.78. The number of aryl methyl sites for hydroxylation is 1. The number of hydrogen-bond acceptors (Lipinski definition) is 8. The zero-order chi connectivity index (χ0) is 95.7. The Morgan fingerprint density at radius 1 is 0.261 bits per heavy atom. The number of halogens is 3. The van der Waals surface area contributed by atoms with Gasteiger partial charge >= 0.3 is 5.97 Å². The van der Waals surface area contributed by atoms with Crippen LogP contribution in [-0.4, -0.2) is 74.9 Å². The van der Waals surface area contributed by atoms with Crippen LogP contribution in [0.2, 0.25) is 0 Å². The van der Waals surface area contributed by atoms with Gasteiger partial charge in [0.2, 0.25) is 0 Å². The van der Waals surface area contributed by atoms with E-state index in [1.165, 1.54) is 63.7 Å². The molecule has 16 aromatic rings. The van der Waals surface area contributed by atoms with Crippen molar-refractivity contribution in [2.45, 2.75) is 72.6 Å². The fourth-order valence-corrected chi connectivity index (χ4v) is 26.4. The number of carbonyl (C=O) groups is 4. The Morgan fingerprint density at radius 2 is 0.428 bits per heavy atom. The second-order valence-corrected chi connectivity index (χ2v) is 43.6. The zero-order valence-electron chi connectivity index (χ0n) is 77.6. The van der Waals surface area contributed by atoms with Gasteiger partial charge in [-0.1, -0.05) is 439 Å². The van der Waals surface area contributed by atoms with Crippen molar-refractivity contribution in [1.82, 2.24) is 16.0 Å². The first-order valence-corrected chi connectivity index (χ1v) is 53.9. The molecule has 4 aliphatic heterocycles. The zero-order valence-corrected chi connectivity index (χ0v) is 87.5. The Kier molecular flexibility index (Phi) is 43.1. The monoisotopic (exact) mass is 2180 g/mol. The molecule has 0 aliphatic carbocycles. The summed E-state index contributed by atoms with van der Waals surface area (Å²) in [4.78, 5) is 46.5. The largest absolute Gasteiger partial charge is 0.492 e. The Hall–Kier alpha value is -11.6. The number of nitrogens with one attached hydrogen (secondary N) is 3. The molecule has 4 heterocycles. The van der Waals surface area contributed by atoms with E-state index in [0.717, 1.165) is 103 Å². The fourth-order valence-electron chi connectivity index (χ4n) is 15.7. The van der Waals surface area contributed by atoms with Gasteiger partial charge in [0, 0.05) is 79.2 Å². The third kappa shape index (κ3) is 30.7. The second kappa shape index (κ2) is 56.5.